The molecule has 0 spiro atoms. The van der Waals surface area contributed by atoms with E-state index in [2.05, 4.69) is 4.74 Å². The number of hydrogen-bond acceptors (Lipinski definition) is 2. The van der Waals surface area contributed by atoms with E-state index in [9.17, 15) is 4.79 Å². The summed E-state index contributed by atoms with van der Waals surface area (Å²) in [5.41, 5.74) is 0. The van der Waals surface area contributed by atoms with Crippen molar-refractivity contribution in [3.63, 3.8) is 0 Å². The molecule has 0 aromatic carbocycles. The molecule has 9 heavy (non-hydrogen) atoms. The van der Waals surface area contributed by atoms with Crippen molar-refractivity contribution in [3.05, 3.63) is 0 Å². The van der Waals surface area contributed by atoms with Crippen LogP contribution in [-0.4, -0.2) is 32.4 Å². The molecule has 0 fully saturated rings. The molecule has 0 aromatic rings. The third-order valence-electron chi connectivity index (χ3n) is 0.759. The topological polar surface area (TPSA) is 26.3 Å². The summed E-state index contributed by atoms with van der Waals surface area (Å²) in [4.78, 5) is 10.4. The zero-order valence-corrected chi connectivity index (χ0v) is 5.44. The van der Waals surface area contributed by atoms with Gasteiger partial charge in [-0.05, 0) is 13.3 Å². The van der Waals surface area contributed by atoms with Crippen molar-refractivity contribution < 1.29 is 9.53 Å². The van der Waals surface area contributed by atoms with Crippen molar-refractivity contribution in [1.29, 1.82) is 0 Å². The zero-order valence-electron chi connectivity index (χ0n) is 5.44. The van der Waals surface area contributed by atoms with Crippen LogP contribution in [0.25, 0.3) is 0 Å². The zero-order chi connectivity index (χ0) is 6.41. The Labute approximate surface area is 69.0 Å². The van der Waals surface area contributed by atoms with E-state index in [0.717, 1.165) is 6.42 Å². The number of rotatable bonds is 3. The number of carbonyl (C=O) groups excluding carboxylic acids is 1. The predicted octanol–water partition coefficient (Wildman–Crippen LogP) is 0.166. The van der Waals surface area contributed by atoms with Crippen molar-refractivity contribution in [2.75, 3.05) is 6.61 Å². The van der Waals surface area contributed by atoms with Crippen molar-refractivity contribution in [1.82, 2.24) is 0 Å². The molecule has 0 aliphatic carbocycles. The third kappa shape index (κ3) is 8.11. The van der Waals surface area contributed by atoms with E-state index in [4.69, 9.17) is 0 Å². The quantitative estimate of drug-likeness (QED) is 0.467. The van der Waals surface area contributed by atoms with Crippen molar-refractivity contribution in [2.24, 2.45) is 0 Å². The van der Waals surface area contributed by atoms with Crippen LogP contribution >= 0.6 is 0 Å². The van der Waals surface area contributed by atoms with E-state index in [1.165, 1.54) is 0 Å². The minimum absolute atomic E-state index is 0. The summed E-state index contributed by atoms with van der Waals surface area (Å²) < 4.78 is 4.64. The van der Waals surface area contributed by atoms with Crippen LogP contribution in [0.5, 0.6) is 0 Å². The Hall–Kier alpha value is 0.106. The molecule has 0 unspecified atom stereocenters. The van der Waals surface area contributed by atoms with Crippen molar-refractivity contribution in [3.8, 4) is 0 Å². The Bertz CT molecular complexity index is 65.5. The number of carbonyl (C=O) groups is 1. The van der Waals surface area contributed by atoms with Gasteiger partial charge in [0.2, 0.25) is 0 Å². The number of esters is 1. The van der Waals surface area contributed by atoms with E-state index < -0.39 is 0 Å². The maximum absolute atomic E-state index is 10.4. The fraction of sp³-hybridized carbons (Fsp3) is 0.833. The van der Waals surface area contributed by atoms with E-state index in [-0.39, 0.29) is 25.8 Å². The summed E-state index contributed by atoms with van der Waals surface area (Å²) in [7, 11) is 0. The normalized spacial score (nSPS) is 7.78. The van der Waals surface area contributed by atoms with Gasteiger partial charge in [-0.25, -0.2) is 0 Å². The first-order chi connectivity index (χ1) is 3.81. The minimum atomic E-state index is -0.0880. The van der Waals surface area contributed by atoms with Gasteiger partial charge in [-0.1, -0.05) is 6.92 Å². The molecule has 0 aromatic heterocycles. The standard InChI is InChI=1S/C6H12O2.Ga.3H/c1-3-5-6(7)8-4-2;;;;/h3-5H2,1-2H3;;;;. The van der Waals surface area contributed by atoms with E-state index in [0.29, 0.717) is 13.0 Å². The first kappa shape index (κ1) is 11.8. The molecule has 0 aliphatic heterocycles. The van der Waals surface area contributed by atoms with Crippen LogP contribution in [0.1, 0.15) is 26.7 Å². The Morgan fingerprint density at radius 2 is 2.00 bits per heavy atom. The Balaban J connectivity index is 0. The molecule has 0 heterocycles. The first-order valence-electron chi connectivity index (χ1n) is 2.96. The molecule has 0 amide bonds. The molecule has 54 valence electrons. The number of hydrogen-bond donors (Lipinski definition) is 0. The van der Waals surface area contributed by atoms with Gasteiger partial charge in [-0.3, -0.25) is 4.79 Å². The molecule has 0 bridgehead atoms. The van der Waals surface area contributed by atoms with Gasteiger partial charge < -0.3 is 4.74 Å². The van der Waals surface area contributed by atoms with Crippen molar-refractivity contribution in [2.45, 2.75) is 26.7 Å². The van der Waals surface area contributed by atoms with Crippen LogP contribution in [0, 0.1) is 0 Å². The fourth-order valence-electron chi connectivity index (χ4n) is 0.437. The molecular weight excluding hydrogens is 174 g/mol. The Morgan fingerprint density at radius 3 is 2.33 bits per heavy atom. The molecule has 0 N–H and O–H groups in total. The van der Waals surface area contributed by atoms with E-state index in [1.54, 1.807) is 0 Å². The molecule has 0 saturated heterocycles. The van der Waals surface area contributed by atoms with Gasteiger partial charge in [0.05, 0.1) is 6.61 Å². The molecule has 0 aliphatic rings. The van der Waals surface area contributed by atoms with Gasteiger partial charge in [-0.2, -0.15) is 0 Å². The SMILES string of the molecule is CCCC(=O)OCC.[GaH3]. The second-order valence-corrected chi connectivity index (χ2v) is 1.56. The molecule has 0 atom stereocenters. The van der Waals surface area contributed by atoms with E-state index >= 15 is 0 Å². The summed E-state index contributed by atoms with van der Waals surface area (Å²) in [6.45, 7) is 4.27. The summed E-state index contributed by atoms with van der Waals surface area (Å²) in [5, 5.41) is 0. The van der Waals surface area contributed by atoms with Gasteiger partial charge in [-0.15, -0.1) is 0 Å². The molecule has 0 radical (unpaired) electrons. The Morgan fingerprint density at radius 1 is 1.44 bits per heavy atom. The molecule has 0 rings (SSSR count). The van der Waals surface area contributed by atoms with Crippen LogP contribution in [0.4, 0.5) is 0 Å². The van der Waals surface area contributed by atoms with Gasteiger partial charge in [0, 0.05) is 6.42 Å². The van der Waals surface area contributed by atoms with Gasteiger partial charge in [0.1, 0.15) is 0 Å². The molecule has 0 saturated carbocycles. The summed E-state index contributed by atoms with van der Waals surface area (Å²) in [5.74, 6) is -0.0880. The van der Waals surface area contributed by atoms with Crippen LogP contribution in [0.15, 0.2) is 0 Å². The van der Waals surface area contributed by atoms with Crippen LogP contribution in [-0.2, 0) is 9.53 Å². The second-order valence-electron chi connectivity index (χ2n) is 1.56. The molecular formula is C6H15GaO2. The fourth-order valence-corrected chi connectivity index (χ4v) is 0.437. The van der Waals surface area contributed by atoms with Crippen LogP contribution in [0.3, 0.4) is 0 Å². The maximum atomic E-state index is 10.4. The summed E-state index contributed by atoms with van der Waals surface area (Å²) in [6.07, 6.45) is 1.42. The monoisotopic (exact) mass is 188 g/mol. The molecule has 3 heteroatoms. The van der Waals surface area contributed by atoms with Crippen LogP contribution in [0.2, 0.25) is 0 Å². The van der Waals surface area contributed by atoms with Crippen LogP contribution < -0.4 is 0 Å². The third-order valence-corrected chi connectivity index (χ3v) is 0.759. The van der Waals surface area contributed by atoms with Gasteiger partial charge in [0.25, 0.3) is 0 Å². The molecule has 2 nitrogen and oxygen atoms in total. The second kappa shape index (κ2) is 8.11. The average molecular weight is 189 g/mol. The average Bonchev–Trinajstić information content (AvgIpc) is 1.68. The van der Waals surface area contributed by atoms with Gasteiger partial charge in [0.15, 0.2) is 0 Å². The summed E-state index contributed by atoms with van der Waals surface area (Å²) in [6, 6.07) is 0. The van der Waals surface area contributed by atoms with Crippen molar-refractivity contribution >= 4 is 25.8 Å². The number of ether oxygens (including phenoxy) is 1. The first-order valence-corrected chi connectivity index (χ1v) is 2.96. The predicted molar refractivity (Wildman–Crippen MR) is 41.5 cm³/mol. The Kier molecular flexibility index (Phi) is 10.7. The summed E-state index contributed by atoms with van der Waals surface area (Å²) >= 11 is 0. The van der Waals surface area contributed by atoms with E-state index in [1.807, 2.05) is 13.8 Å². The van der Waals surface area contributed by atoms with Gasteiger partial charge >= 0.3 is 25.8 Å².